The predicted molar refractivity (Wildman–Crippen MR) is 86.8 cm³/mol. The van der Waals surface area contributed by atoms with Crippen molar-refractivity contribution in [2.75, 3.05) is 18.5 Å². The predicted octanol–water partition coefficient (Wildman–Crippen LogP) is 3.96. The smallest absolute Gasteiger partial charge is 0.148 e. The maximum Gasteiger partial charge on any atom is 0.148 e. The number of benzene rings is 1. The molecular formula is C18H23N3O. The highest BCUT2D eigenvalue weighted by atomic mass is 16.5. The summed E-state index contributed by atoms with van der Waals surface area (Å²) in [5, 5.41) is 6.64. The first-order valence-corrected chi connectivity index (χ1v) is 8.45. The van der Waals surface area contributed by atoms with Gasteiger partial charge in [-0.3, -0.25) is 0 Å². The van der Waals surface area contributed by atoms with Gasteiger partial charge < -0.3 is 9.95 Å². The van der Waals surface area contributed by atoms with Gasteiger partial charge in [-0.05, 0) is 43.2 Å². The molecule has 2 aromatic rings. The van der Waals surface area contributed by atoms with Crippen molar-refractivity contribution in [3.05, 3.63) is 47.3 Å². The fourth-order valence-electron chi connectivity index (χ4n) is 3.79. The van der Waals surface area contributed by atoms with E-state index in [1.54, 1.807) is 6.26 Å². The number of rotatable bonds is 3. The monoisotopic (exact) mass is 297 g/mol. The maximum absolute atomic E-state index is 5.32. The number of hydrogen-bond acceptors (Lipinski definition) is 4. The summed E-state index contributed by atoms with van der Waals surface area (Å²) in [6, 6.07) is 8.77. The average molecular weight is 297 g/mol. The third-order valence-electron chi connectivity index (χ3n) is 4.93. The second kappa shape index (κ2) is 6.13. The highest BCUT2D eigenvalue weighted by Gasteiger charge is 2.27. The number of fused-ring (bicyclic) bond motifs is 1. The van der Waals surface area contributed by atoms with E-state index in [0.717, 1.165) is 30.9 Å². The molecule has 1 aromatic heterocycles. The number of hydrazine groups is 1. The molecule has 116 valence electrons. The Hall–Kier alpha value is -1.81. The van der Waals surface area contributed by atoms with Crippen LogP contribution in [0.15, 0.2) is 35.1 Å². The van der Waals surface area contributed by atoms with Gasteiger partial charge in [-0.15, -0.1) is 0 Å². The van der Waals surface area contributed by atoms with E-state index < -0.39 is 0 Å². The molecule has 22 heavy (non-hydrogen) atoms. The minimum absolute atomic E-state index is 0.357. The van der Waals surface area contributed by atoms with E-state index in [0.29, 0.717) is 5.92 Å². The molecule has 1 N–H and O–H groups in total. The Balaban J connectivity index is 1.60. The number of anilines is 1. The van der Waals surface area contributed by atoms with Crippen molar-refractivity contribution in [2.45, 2.75) is 44.4 Å². The molecule has 0 saturated carbocycles. The molecule has 1 unspecified atom stereocenters. The lowest BCUT2D eigenvalue weighted by Crippen LogP contribution is -2.35. The van der Waals surface area contributed by atoms with Crippen LogP contribution in [0.3, 0.4) is 0 Å². The SMILES string of the molecule is c1ccc2c(c1)CCCC2c1nocc1NN1CCCCC1. The van der Waals surface area contributed by atoms with Crippen LogP contribution in [0.25, 0.3) is 0 Å². The normalized spacial score (nSPS) is 22.3. The van der Waals surface area contributed by atoms with Gasteiger partial charge in [0.1, 0.15) is 17.6 Å². The first-order chi connectivity index (χ1) is 10.9. The molecule has 1 fully saturated rings. The van der Waals surface area contributed by atoms with Crippen LogP contribution in [-0.2, 0) is 6.42 Å². The average Bonchev–Trinajstić information content (AvgIpc) is 3.03. The molecule has 1 saturated heterocycles. The molecule has 0 amide bonds. The third-order valence-corrected chi connectivity index (χ3v) is 4.93. The Bertz CT molecular complexity index is 631. The van der Waals surface area contributed by atoms with E-state index in [-0.39, 0.29) is 0 Å². The summed E-state index contributed by atoms with van der Waals surface area (Å²) in [5.41, 5.74) is 8.53. The summed E-state index contributed by atoms with van der Waals surface area (Å²) in [6.07, 6.45) is 9.18. The Kier molecular flexibility index (Phi) is 3.85. The third kappa shape index (κ3) is 2.63. The van der Waals surface area contributed by atoms with Gasteiger partial charge >= 0.3 is 0 Å². The summed E-state index contributed by atoms with van der Waals surface area (Å²) in [6.45, 7) is 2.21. The molecule has 1 atom stereocenters. The Morgan fingerprint density at radius 3 is 2.86 bits per heavy atom. The topological polar surface area (TPSA) is 41.3 Å². The molecule has 2 aliphatic rings. The van der Waals surface area contributed by atoms with E-state index in [2.05, 4.69) is 39.9 Å². The van der Waals surface area contributed by atoms with Gasteiger partial charge in [0.05, 0.1) is 0 Å². The molecular weight excluding hydrogens is 274 g/mol. The number of aryl methyl sites for hydroxylation is 1. The first-order valence-electron chi connectivity index (χ1n) is 8.45. The summed E-state index contributed by atoms with van der Waals surface area (Å²) < 4.78 is 5.32. The Labute approximate surface area is 131 Å². The van der Waals surface area contributed by atoms with Crippen molar-refractivity contribution in [1.82, 2.24) is 10.2 Å². The lowest BCUT2D eigenvalue weighted by Gasteiger charge is -2.29. The van der Waals surface area contributed by atoms with E-state index in [9.17, 15) is 0 Å². The molecule has 4 heteroatoms. The largest absolute Gasteiger partial charge is 0.362 e. The summed E-state index contributed by atoms with van der Waals surface area (Å²) in [5.74, 6) is 0.357. The quantitative estimate of drug-likeness (QED) is 0.931. The van der Waals surface area contributed by atoms with Crippen LogP contribution in [0.1, 0.15) is 54.8 Å². The van der Waals surface area contributed by atoms with Gasteiger partial charge in [0.25, 0.3) is 0 Å². The van der Waals surface area contributed by atoms with E-state index in [4.69, 9.17) is 4.52 Å². The highest BCUT2D eigenvalue weighted by molar-refractivity contribution is 5.51. The minimum Gasteiger partial charge on any atom is -0.362 e. The number of hydrogen-bond donors (Lipinski definition) is 1. The van der Waals surface area contributed by atoms with Crippen LogP contribution in [0.2, 0.25) is 0 Å². The summed E-state index contributed by atoms with van der Waals surface area (Å²) >= 11 is 0. The number of aromatic nitrogens is 1. The zero-order chi connectivity index (χ0) is 14.8. The maximum atomic E-state index is 5.32. The molecule has 1 aliphatic heterocycles. The van der Waals surface area contributed by atoms with Gasteiger partial charge in [-0.2, -0.15) is 0 Å². The van der Waals surface area contributed by atoms with Gasteiger partial charge in [0, 0.05) is 19.0 Å². The number of nitrogens with one attached hydrogen (secondary N) is 1. The molecule has 0 spiro atoms. The molecule has 2 heterocycles. The van der Waals surface area contributed by atoms with Crippen LogP contribution in [-0.4, -0.2) is 23.3 Å². The molecule has 0 radical (unpaired) electrons. The zero-order valence-electron chi connectivity index (χ0n) is 12.9. The zero-order valence-corrected chi connectivity index (χ0v) is 12.9. The van der Waals surface area contributed by atoms with Crippen LogP contribution in [0, 0.1) is 0 Å². The van der Waals surface area contributed by atoms with E-state index in [1.807, 2.05) is 0 Å². The standard InChI is InChI=1S/C18H23N3O/c1-4-11-21(12-5-1)19-17-13-22-20-18(17)16-10-6-8-14-7-2-3-9-15(14)16/h2-3,7,9,13,16,19H,1,4-6,8,10-12H2. The van der Waals surface area contributed by atoms with Gasteiger partial charge in [0.15, 0.2) is 0 Å². The summed E-state index contributed by atoms with van der Waals surface area (Å²) in [4.78, 5) is 0. The second-order valence-corrected chi connectivity index (χ2v) is 6.42. The van der Waals surface area contributed by atoms with Crippen molar-refractivity contribution < 1.29 is 4.52 Å². The van der Waals surface area contributed by atoms with Crippen LogP contribution in [0.4, 0.5) is 5.69 Å². The molecule has 4 nitrogen and oxygen atoms in total. The molecule has 1 aliphatic carbocycles. The lowest BCUT2D eigenvalue weighted by atomic mass is 9.81. The van der Waals surface area contributed by atoms with E-state index in [1.165, 1.54) is 43.2 Å². The van der Waals surface area contributed by atoms with Crippen LogP contribution >= 0.6 is 0 Å². The molecule has 0 bridgehead atoms. The van der Waals surface area contributed by atoms with Crippen molar-refractivity contribution in [1.29, 1.82) is 0 Å². The van der Waals surface area contributed by atoms with Crippen molar-refractivity contribution in [3.63, 3.8) is 0 Å². The van der Waals surface area contributed by atoms with Crippen molar-refractivity contribution in [2.24, 2.45) is 0 Å². The van der Waals surface area contributed by atoms with Crippen molar-refractivity contribution >= 4 is 5.69 Å². The van der Waals surface area contributed by atoms with Gasteiger partial charge in [-0.25, -0.2) is 5.01 Å². The van der Waals surface area contributed by atoms with E-state index >= 15 is 0 Å². The Morgan fingerprint density at radius 2 is 1.95 bits per heavy atom. The first kappa shape index (κ1) is 13.8. The fraction of sp³-hybridized carbons (Fsp3) is 0.500. The van der Waals surface area contributed by atoms with Crippen LogP contribution in [0.5, 0.6) is 0 Å². The van der Waals surface area contributed by atoms with Gasteiger partial charge in [-0.1, -0.05) is 35.8 Å². The van der Waals surface area contributed by atoms with Crippen molar-refractivity contribution in [3.8, 4) is 0 Å². The molecule has 4 rings (SSSR count). The van der Waals surface area contributed by atoms with Gasteiger partial charge in [0.2, 0.25) is 0 Å². The molecule has 1 aromatic carbocycles. The fourth-order valence-corrected chi connectivity index (χ4v) is 3.79. The second-order valence-electron chi connectivity index (χ2n) is 6.42. The minimum atomic E-state index is 0.357. The van der Waals surface area contributed by atoms with Crippen LogP contribution < -0.4 is 5.43 Å². The number of nitrogens with zero attached hydrogens (tertiary/aromatic N) is 2. The Morgan fingerprint density at radius 1 is 1.09 bits per heavy atom. The summed E-state index contributed by atoms with van der Waals surface area (Å²) in [7, 11) is 0. The highest BCUT2D eigenvalue weighted by Crippen LogP contribution is 2.39. The number of piperidine rings is 1. The lowest BCUT2D eigenvalue weighted by molar-refractivity contribution is 0.272.